The van der Waals surface area contributed by atoms with Crippen LogP contribution in [0, 0.1) is 13.8 Å². The lowest BCUT2D eigenvalue weighted by Crippen LogP contribution is -2.03. The van der Waals surface area contributed by atoms with E-state index in [0.29, 0.717) is 11.6 Å². The Morgan fingerprint density at radius 1 is 1.32 bits per heavy atom. The van der Waals surface area contributed by atoms with Gasteiger partial charge >= 0.3 is 5.97 Å². The predicted molar refractivity (Wildman–Crippen MR) is 70.5 cm³/mol. The standard InChI is InChI=1S/C14H14N2O3/c1-8-4-5-15-13(19-3)12(8)10-6-9(2)16-11(7-10)14(17)18/h4-7H,1-3H3,(H,17,18). The van der Waals surface area contributed by atoms with Crippen molar-refractivity contribution >= 4 is 5.97 Å². The molecule has 0 unspecified atom stereocenters. The van der Waals surface area contributed by atoms with Gasteiger partial charge in [0.15, 0.2) is 0 Å². The van der Waals surface area contributed by atoms with Crippen LogP contribution in [0.1, 0.15) is 21.7 Å². The van der Waals surface area contributed by atoms with Crippen LogP contribution >= 0.6 is 0 Å². The quantitative estimate of drug-likeness (QED) is 0.915. The van der Waals surface area contributed by atoms with Gasteiger partial charge in [0, 0.05) is 17.5 Å². The van der Waals surface area contributed by atoms with Crippen molar-refractivity contribution in [1.82, 2.24) is 9.97 Å². The van der Waals surface area contributed by atoms with Crippen molar-refractivity contribution in [2.24, 2.45) is 0 Å². The van der Waals surface area contributed by atoms with Crippen molar-refractivity contribution < 1.29 is 14.6 Å². The number of nitrogens with zero attached hydrogens (tertiary/aromatic N) is 2. The van der Waals surface area contributed by atoms with Crippen molar-refractivity contribution in [2.45, 2.75) is 13.8 Å². The van der Waals surface area contributed by atoms with Gasteiger partial charge in [-0.05, 0) is 43.2 Å². The fourth-order valence-electron chi connectivity index (χ4n) is 1.96. The molecule has 0 spiro atoms. The lowest BCUT2D eigenvalue weighted by Gasteiger charge is -2.11. The molecule has 0 aliphatic carbocycles. The minimum Gasteiger partial charge on any atom is -0.481 e. The molecule has 0 atom stereocenters. The van der Waals surface area contributed by atoms with E-state index < -0.39 is 5.97 Å². The molecule has 0 fully saturated rings. The fraction of sp³-hybridized carbons (Fsp3) is 0.214. The largest absolute Gasteiger partial charge is 0.481 e. The summed E-state index contributed by atoms with van der Waals surface area (Å²) in [5.74, 6) is -0.576. The minimum atomic E-state index is -1.05. The van der Waals surface area contributed by atoms with Gasteiger partial charge in [-0.3, -0.25) is 0 Å². The van der Waals surface area contributed by atoms with Gasteiger partial charge in [-0.25, -0.2) is 14.8 Å². The molecular formula is C14H14N2O3. The monoisotopic (exact) mass is 258 g/mol. The Bertz CT molecular complexity index is 639. The van der Waals surface area contributed by atoms with Gasteiger partial charge in [-0.1, -0.05) is 0 Å². The zero-order valence-electron chi connectivity index (χ0n) is 11.0. The lowest BCUT2D eigenvalue weighted by atomic mass is 10.0. The first-order chi connectivity index (χ1) is 9.02. The maximum Gasteiger partial charge on any atom is 0.354 e. The summed E-state index contributed by atoms with van der Waals surface area (Å²) in [6.07, 6.45) is 1.66. The van der Waals surface area contributed by atoms with Crippen LogP contribution in [0.3, 0.4) is 0 Å². The number of aromatic carboxylic acids is 1. The van der Waals surface area contributed by atoms with Crippen molar-refractivity contribution in [3.05, 3.63) is 41.3 Å². The second kappa shape index (κ2) is 5.06. The second-order valence-corrected chi connectivity index (χ2v) is 4.20. The highest BCUT2D eigenvalue weighted by atomic mass is 16.5. The molecule has 0 bridgehead atoms. The molecule has 1 N–H and O–H groups in total. The Morgan fingerprint density at radius 3 is 2.68 bits per heavy atom. The summed E-state index contributed by atoms with van der Waals surface area (Å²) in [5, 5.41) is 9.07. The van der Waals surface area contributed by atoms with Crippen LogP contribution in [0.5, 0.6) is 5.88 Å². The van der Waals surface area contributed by atoms with Crippen LogP contribution in [0.2, 0.25) is 0 Å². The Balaban J connectivity index is 2.68. The van der Waals surface area contributed by atoms with E-state index in [0.717, 1.165) is 16.7 Å². The maximum absolute atomic E-state index is 11.1. The van der Waals surface area contributed by atoms with Gasteiger partial charge in [0.25, 0.3) is 0 Å². The number of ether oxygens (including phenoxy) is 1. The first-order valence-corrected chi connectivity index (χ1v) is 5.75. The van der Waals surface area contributed by atoms with Gasteiger partial charge in [0.1, 0.15) is 5.69 Å². The van der Waals surface area contributed by atoms with Crippen LogP contribution in [0.4, 0.5) is 0 Å². The van der Waals surface area contributed by atoms with E-state index >= 15 is 0 Å². The summed E-state index contributed by atoms with van der Waals surface area (Å²) >= 11 is 0. The van der Waals surface area contributed by atoms with E-state index in [1.807, 2.05) is 19.1 Å². The van der Waals surface area contributed by atoms with E-state index in [2.05, 4.69) is 9.97 Å². The number of aromatic nitrogens is 2. The van der Waals surface area contributed by atoms with Crippen LogP contribution in [0.25, 0.3) is 11.1 Å². The molecule has 0 aliphatic heterocycles. The molecule has 98 valence electrons. The van der Waals surface area contributed by atoms with Crippen LogP contribution in [-0.4, -0.2) is 28.2 Å². The third kappa shape index (κ3) is 2.54. The number of pyridine rings is 2. The normalized spacial score (nSPS) is 10.3. The summed E-state index contributed by atoms with van der Waals surface area (Å²) < 4.78 is 5.24. The summed E-state index contributed by atoms with van der Waals surface area (Å²) in [4.78, 5) is 19.2. The van der Waals surface area contributed by atoms with Gasteiger partial charge in [-0.15, -0.1) is 0 Å². The maximum atomic E-state index is 11.1. The Labute approximate surface area is 110 Å². The van der Waals surface area contributed by atoms with Crippen molar-refractivity contribution in [2.75, 3.05) is 7.11 Å². The average molecular weight is 258 g/mol. The van der Waals surface area contributed by atoms with Gasteiger partial charge in [0.2, 0.25) is 5.88 Å². The Morgan fingerprint density at radius 2 is 2.05 bits per heavy atom. The molecule has 0 saturated carbocycles. The number of carbonyl (C=O) groups is 1. The second-order valence-electron chi connectivity index (χ2n) is 4.20. The minimum absolute atomic E-state index is 0.0142. The van der Waals surface area contributed by atoms with Crippen LogP contribution in [-0.2, 0) is 0 Å². The molecule has 5 heteroatoms. The third-order valence-electron chi connectivity index (χ3n) is 2.78. The van der Waals surface area contributed by atoms with E-state index in [4.69, 9.17) is 9.84 Å². The fourth-order valence-corrected chi connectivity index (χ4v) is 1.96. The predicted octanol–water partition coefficient (Wildman–Crippen LogP) is 2.47. The van der Waals surface area contributed by atoms with E-state index in [9.17, 15) is 4.79 Å². The first-order valence-electron chi connectivity index (χ1n) is 5.75. The Hall–Kier alpha value is -2.43. The average Bonchev–Trinajstić information content (AvgIpc) is 2.37. The van der Waals surface area contributed by atoms with Gasteiger partial charge in [0.05, 0.1) is 7.11 Å². The number of carboxylic acid groups (broad SMARTS) is 1. The number of hydrogen-bond acceptors (Lipinski definition) is 4. The molecule has 2 rings (SSSR count). The highest BCUT2D eigenvalue weighted by molar-refractivity contribution is 5.88. The zero-order chi connectivity index (χ0) is 14.0. The summed E-state index contributed by atoms with van der Waals surface area (Å²) in [5.41, 5.74) is 3.15. The van der Waals surface area contributed by atoms with Crippen LogP contribution < -0.4 is 4.74 Å². The highest BCUT2D eigenvalue weighted by Crippen LogP contribution is 2.31. The highest BCUT2D eigenvalue weighted by Gasteiger charge is 2.14. The molecule has 0 amide bonds. The molecule has 0 radical (unpaired) electrons. The lowest BCUT2D eigenvalue weighted by molar-refractivity contribution is 0.0690. The van der Waals surface area contributed by atoms with Crippen molar-refractivity contribution in [3.8, 4) is 17.0 Å². The van der Waals surface area contributed by atoms with Crippen molar-refractivity contribution in [3.63, 3.8) is 0 Å². The van der Waals surface area contributed by atoms with Crippen molar-refractivity contribution in [1.29, 1.82) is 0 Å². The molecule has 2 aromatic heterocycles. The molecular weight excluding hydrogens is 244 g/mol. The molecule has 2 aromatic rings. The SMILES string of the molecule is COc1nccc(C)c1-c1cc(C)nc(C(=O)O)c1. The van der Waals surface area contributed by atoms with Crippen LogP contribution in [0.15, 0.2) is 24.4 Å². The zero-order valence-corrected chi connectivity index (χ0v) is 11.0. The molecule has 0 saturated heterocycles. The molecule has 5 nitrogen and oxygen atoms in total. The number of carboxylic acids is 1. The summed E-state index contributed by atoms with van der Waals surface area (Å²) in [6, 6.07) is 5.20. The molecule has 0 aromatic carbocycles. The number of aryl methyl sites for hydroxylation is 2. The third-order valence-corrected chi connectivity index (χ3v) is 2.78. The summed E-state index contributed by atoms with van der Waals surface area (Å²) in [7, 11) is 1.54. The summed E-state index contributed by atoms with van der Waals surface area (Å²) in [6.45, 7) is 3.68. The molecule has 2 heterocycles. The topological polar surface area (TPSA) is 72.3 Å². The van der Waals surface area contributed by atoms with Gasteiger partial charge in [-0.2, -0.15) is 0 Å². The number of methoxy groups -OCH3 is 1. The smallest absolute Gasteiger partial charge is 0.354 e. The van der Waals surface area contributed by atoms with E-state index in [-0.39, 0.29) is 5.69 Å². The number of hydrogen-bond donors (Lipinski definition) is 1. The molecule has 0 aliphatic rings. The molecule has 19 heavy (non-hydrogen) atoms. The van der Waals surface area contributed by atoms with Gasteiger partial charge < -0.3 is 9.84 Å². The number of rotatable bonds is 3. The first kappa shape index (κ1) is 13.0. The van der Waals surface area contributed by atoms with E-state index in [1.54, 1.807) is 13.1 Å². The van der Waals surface area contributed by atoms with E-state index in [1.165, 1.54) is 13.2 Å². The Kier molecular flexibility index (Phi) is 3.46.